The molecular formula is C25H27N3O4. The lowest BCUT2D eigenvalue weighted by molar-refractivity contribution is 0.0602. The van der Waals surface area contributed by atoms with Crippen molar-refractivity contribution in [1.82, 2.24) is 9.80 Å². The van der Waals surface area contributed by atoms with Crippen LogP contribution in [0.3, 0.4) is 0 Å². The Balaban J connectivity index is 1.89. The van der Waals surface area contributed by atoms with Gasteiger partial charge >= 0.3 is 6.09 Å². The lowest BCUT2D eigenvalue weighted by atomic mass is 9.89. The lowest BCUT2D eigenvalue weighted by Crippen LogP contribution is -2.43. The Hall–Kier alpha value is -3.45. The van der Waals surface area contributed by atoms with Crippen LogP contribution in [0.2, 0.25) is 0 Å². The number of nitrogens with zero attached hydrogens (tertiary/aromatic N) is 2. The number of carbonyl (C=O) groups is 3. The summed E-state index contributed by atoms with van der Waals surface area (Å²) >= 11 is 0. The van der Waals surface area contributed by atoms with E-state index >= 15 is 0 Å². The molecule has 1 heterocycles. The van der Waals surface area contributed by atoms with Gasteiger partial charge in [-0.05, 0) is 49.0 Å². The van der Waals surface area contributed by atoms with Crippen LogP contribution >= 0.6 is 0 Å². The molecule has 0 unspecified atom stereocenters. The first-order chi connectivity index (χ1) is 15.3. The van der Waals surface area contributed by atoms with Crippen LogP contribution in [-0.4, -0.2) is 61.5 Å². The Morgan fingerprint density at radius 3 is 2.41 bits per heavy atom. The lowest BCUT2D eigenvalue weighted by Gasteiger charge is -2.29. The minimum atomic E-state index is -0.574. The third-order valence-corrected chi connectivity index (χ3v) is 5.49. The van der Waals surface area contributed by atoms with Crippen LogP contribution < -0.4 is 5.32 Å². The van der Waals surface area contributed by atoms with Crippen LogP contribution in [0.15, 0.2) is 42.5 Å². The maximum atomic E-state index is 13.6. The van der Waals surface area contributed by atoms with Crippen molar-refractivity contribution in [3.63, 3.8) is 0 Å². The maximum absolute atomic E-state index is 13.6. The predicted octanol–water partition coefficient (Wildman–Crippen LogP) is 4.36. The van der Waals surface area contributed by atoms with Crippen molar-refractivity contribution in [2.75, 3.05) is 39.1 Å². The summed E-state index contributed by atoms with van der Waals surface area (Å²) in [6.45, 7) is 5.05. The van der Waals surface area contributed by atoms with Gasteiger partial charge in [0.05, 0.1) is 17.9 Å². The van der Waals surface area contributed by atoms with Crippen LogP contribution in [0.5, 0.6) is 0 Å². The standard InChI is InChI=1S/C25H27N3O4/c1-15(2)14-32-25(31)26-19-10-6-8-17-13-16-7-5-9-18-20(16)22(21(17)19)24(30)28(23(18)29)12-11-27(3)4/h5-10,13,15H,11-12,14H2,1-4H3,(H,26,31). The minimum Gasteiger partial charge on any atom is -0.449 e. The molecule has 32 heavy (non-hydrogen) atoms. The molecule has 3 amide bonds. The molecule has 1 aliphatic rings. The molecular weight excluding hydrogens is 406 g/mol. The number of imide groups is 1. The largest absolute Gasteiger partial charge is 0.449 e. The zero-order valence-electron chi connectivity index (χ0n) is 18.8. The zero-order valence-corrected chi connectivity index (χ0v) is 18.8. The van der Waals surface area contributed by atoms with E-state index in [1.54, 1.807) is 12.1 Å². The summed E-state index contributed by atoms with van der Waals surface area (Å²) in [6, 6.07) is 12.9. The van der Waals surface area contributed by atoms with E-state index in [0.29, 0.717) is 40.7 Å². The quantitative estimate of drug-likeness (QED) is 0.462. The average molecular weight is 434 g/mol. The first-order valence-electron chi connectivity index (χ1n) is 10.7. The molecule has 166 valence electrons. The first-order valence-corrected chi connectivity index (χ1v) is 10.7. The van der Waals surface area contributed by atoms with Crippen LogP contribution in [0.1, 0.15) is 34.6 Å². The summed E-state index contributed by atoms with van der Waals surface area (Å²) in [5.74, 6) is -0.439. The Kier molecular flexibility index (Phi) is 5.84. The first kappa shape index (κ1) is 21.8. The molecule has 0 saturated carbocycles. The molecule has 1 aliphatic heterocycles. The number of rotatable bonds is 6. The number of anilines is 1. The molecule has 1 N–H and O–H groups in total. The number of benzene rings is 3. The fourth-order valence-corrected chi connectivity index (χ4v) is 3.99. The number of likely N-dealkylation sites (N-methyl/N-ethyl adjacent to an activating group) is 1. The molecule has 4 rings (SSSR count). The summed E-state index contributed by atoms with van der Waals surface area (Å²) in [5.41, 5.74) is 1.42. The van der Waals surface area contributed by atoms with Crippen molar-refractivity contribution in [1.29, 1.82) is 0 Å². The molecule has 0 saturated heterocycles. The minimum absolute atomic E-state index is 0.207. The van der Waals surface area contributed by atoms with E-state index in [2.05, 4.69) is 5.32 Å². The fraction of sp³-hybridized carbons (Fsp3) is 0.320. The number of ether oxygens (including phenoxy) is 1. The van der Waals surface area contributed by atoms with Gasteiger partial charge in [-0.25, -0.2) is 4.79 Å². The van der Waals surface area contributed by atoms with Crippen LogP contribution in [-0.2, 0) is 4.74 Å². The van der Waals surface area contributed by atoms with E-state index in [1.807, 2.05) is 63.2 Å². The van der Waals surface area contributed by atoms with Crippen molar-refractivity contribution in [3.05, 3.63) is 53.6 Å². The van der Waals surface area contributed by atoms with Crippen molar-refractivity contribution >= 4 is 45.1 Å². The monoisotopic (exact) mass is 433 g/mol. The van der Waals surface area contributed by atoms with E-state index in [1.165, 1.54) is 4.90 Å². The van der Waals surface area contributed by atoms with Crippen LogP contribution in [0.25, 0.3) is 21.5 Å². The zero-order chi connectivity index (χ0) is 23.0. The normalized spacial score (nSPS) is 13.5. The molecule has 0 fully saturated rings. The van der Waals surface area contributed by atoms with Gasteiger partial charge in [0.15, 0.2) is 0 Å². The van der Waals surface area contributed by atoms with Gasteiger partial charge in [0, 0.05) is 29.4 Å². The predicted molar refractivity (Wildman–Crippen MR) is 125 cm³/mol. The summed E-state index contributed by atoms with van der Waals surface area (Å²) in [6.07, 6.45) is -0.574. The highest BCUT2D eigenvalue weighted by Crippen LogP contribution is 2.38. The van der Waals surface area contributed by atoms with Gasteiger partial charge in [0.25, 0.3) is 11.8 Å². The summed E-state index contributed by atoms with van der Waals surface area (Å²) < 4.78 is 5.28. The van der Waals surface area contributed by atoms with E-state index in [0.717, 1.165) is 10.8 Å². The highest BCUT2D eigenvalue weighted by molar-refractivity contribution is 6.32. The second-order valence-electron chi connectivity index (χ2n) is 8.74. The van der Waals surface area contributed by atoms with E-state index < -0.39 is 6.09 Å². The molecule has 3 aromatic carbocycles. The molecule has 0 aliphatic carbocycles. The number of fused-ring (bicyclic) bond motifs is 2. The van der Waals surface area contributed by atoms with Crippen molar-refractivity contribution < 1.29 is 19.1 Å². The molecule has 0 spiro atoms. The van der Waals surface area contributed by atoms with E-state index in [4.69, 9.17) is 4.74 Å². The molecule has 0 atom stereocenters. The Morgan fingerprint density at radius 1 is 1.03 bits per heavy atom. The van der Waals surface area contributed by atoms with Gasteiger partial charge in [-0.15, -0.1) is 0 Å². The molecule has 3 aromatic rings. The second-order valence-corrected chi connectivity index (χ2v) is 8.74. The smallest absolute Gasteiger partial charge is 0.411 e. The topological polar surface area (TPSA) is 79.0 Å². The van der Waals surface area contributed by atoms with Gasteiger partial charge in [0.2, 0.25) is 0 Å². The Bertz CT molecular complexity index is 1230. The summed E-state index contributed by atoms with van der Waals surface area (Å²) in [5, 5.41) is 5.66. The van der Waals surface area contributed by atoms with Crippen molar-refractivity contribution in [2.24, 2.45) is 5.92 Å². The van der Waals surface area contributed by atoms with E-state index in [-0.39, 0.29) is 24.3 Å². The molecule has 7 heteroatoms. The SMILES string of the molecule is CC(C)COC(=O)Nc1cccc2cc3cccc4c3c(c12)C(=O)N(CCN(C)C)C4=O. The maximum Gasteiger partial charge on any atom is 0.411 e. The van der Waals surface area contributed by atoms with Gasteiger partial charge in [-0.3, -0.25) is 19.8 Å². The van der Waals surface area contributed by atoms with Crippen molar-refractivity contribution in [3.8, 4) is 0 Å². The number of amides is 3. The van der Waals surface area contributed by atoms with Gasteiger partial charge in [-0.2, -0.15) is 0 Å². The Labute approximate surface area is 186 Å². The third-order valence-electron chi connectivity index (χ3n) is 5.49. The highest BCUT2D eigenvalue weighted by Gasteiger charge is 2.34. The average Bonchev–Trinajstić information content (AvgIpc) is 2.74. The number of nitrogens with one attached hydrogen (secondary N) is 1. The summed E-state index contributed by atoms with van der Waals surface area (Å²) in [7, 11) is 3.79. The Morgan fingerprint density at radius 2 is 1.72 bits per heavy atom. The van der Waals surface area contributed by atoms with Gasteiger partial charge in [-0.1, -0.05) is 38.1 Å². The van der Waals surface area contributed by atoms with Crippen molar-refractivity contribution in [2.45, 2.75) is 13.8 Å². The third kappa shape index (κ3) is 3.91. The summed E-state index contributed by atoms with van der Waals surface area (Å²) in [4.78, 5) is 42.4. The van der Waals surface area contributed by atoms with Crippen LogP contribution in [0.4, 0.5) is 10.5 Å². The number of carbonyl (C=O) groups excluding carboxylic acids is 3. The number of hydrogen-bond donors (Lipinski definition) is 1. The van der Waals surface area contributed by atoms with Gasteiger partial charge < -0.3 is 9.64 Å². The number of hydrogen-bond acceptors (Lipinski definition) is 5. The molecule has 7 nitrogen and oxygen atoms in total. The molecule has 0 aromatic heterocycles. The van der Waals surface area contributed by atoms with Crippen LogP contribution in [0, 0.1) is 5.92 Å². The highest BCUT2D eigenvalue weighted by atomic mass is 16.5. The molecule has 0 radical (unpaired) electrons. The van der Waals surface area contributed by atoms with Gasteiger partial charge in [0.1, 0.15) is 0 Å². The second kappa shape index (κ2) is 8.59. The van der Waals surface area contributed by atoms with E-state index in [9.17, 15) is 14.4 Å². The fourth-order valence-electron chi connectivity index (χ4n) is 3.99. The molecule has 0 bridgehead atoms.